The van der Waals surface area contributed by atoms with Crippen LogP contribution in [0.2, 0.25) is 0 Å². The highest BCUT2D eigenvalue weighted by atomic mass is 32.2. The minimum Gasteiger partial charge on any atom is -0.378 e. The Morgan fingerprint density at radius 3 is 2.78 bits per heavy atom. The van der Waals surface area contributed by atoms with Crippen LogP contribution in [0.4, 0.5) is 0 Å². The summed E-state index contributed by atoms with van der Waals surface area (Å²) in [7, 11) is -3.60. The lowest BCUT2D eigenvalue weighted by molar-refractivity contribution is 0.0303. The Balaban J connectivity index is 1.68. The summed E-state index contributed by atoms with van der Waals surface area (Å²) in [5.41, 5.74) is 0.411. The van der Waals surface area contributed by atoms with Gasteiger partial charge in [0, 0.05) is 29.9 Å². The number of rotatable bonds is 5. The van der Waals surface area contributed by atoms with E-state index in [0.29, 0.717) is 31.9 Å². The normalized spacial score (nSPS) is 15.7. The van der Waals surface area contributed by atoms with Crippen LogP contribution in [-0.2, 0) is 21.3 Å². The van der Waals surface area contributed by atoms with Crippen LogP contribution in [0, 0.1) is 0 Å². The average Bonchev–Trinajstić information content (AvgIpc) is 3.25. The number of ether oxygens (including phenoxy) is 1. The van der Waals surface area contributed by atoms with Gasteiger partial charge in [-0.05, 0) is 17.5 Å². The van der Waals surface area contributed by atoms with E-state index in [1.54, 1.807) is 10.3 Å². The van der Waals surface area contributed by atoms with E-state index in [2.05, 4.69) is 4.72 Å². The summed E-state index contributed by atoms with van der Waals surface area (Å²) in [6.07, 6.45) is 0. The van der Waals surface area contributed by atoms with E-state index in [1.807, 2.05) is 17.5 Å². The third kappa shape index (κ3) is 3.99. The topological polar surface area (TPSA) is 75.7 Å². The lowest BCUT2D eigenvalue weighted by Crippen LogP contribution is -2.40. The van der Waals surface area contributed by atoms with Crippen LogP contribution in [0.15, 0.2) is 33.2 Å². The SMILES string of the molecule is O=C(c1csc(S(=O)(=O)NCc2cccs2)c1)N1CCOCC1. The standard InChI is InChI=1S/C14H16N2O4S3/c17-14(16-3-5-20-6-4-16)11-8-13(22-10-11)23(18,19)15-9-12-2-1-7-21-12/h1-2,7-8,10,15H,3-6,9H2. The molecule has 1 aliphatic rings. The molecule has 23 heavy (non-hydrogen) atoms. The second-order valence-electron chi connectivity index (χ2n) is 4.96. The van der Waals surface area contributed by atoms with E-state index in [-0.39, 0.29) is 16.7 Å². The predicted molar refractivity (Wildman–Crippen MR) is 89.4 cm³/mol. The molecule has 0 aliphatic carbocycles. The van der Waals surface area contributed by atoms with Crippen molar-refractivity contribution < 1.29 is 17.9 Å². The number of morpholine rings is 1. The third-order valence-electron chi connectivity index (χ3n) is 3.40. The summed E-state index contributed by atoms with van der Waals surface area (Å²) in [6, 6.07) is 5.19. The molecule has 9 heteroatoms. The number of carbonyl (C=O) groups excluding carboxylic acids is 1. The van der Waals surface area contributed by atoms with Gasteiger partial charge in [-0.1, -0.05) is 6.07 Å². The van der Waals surface area contributed by atoms with Crippen molar-refractivity contribution in [2.45, 2.75) is 10.8 Å². The molecule has 1 aliphatic heterocycles. The molecule has 1 saturated heterocycles. The number of carbonyl (C=O) groups is 1. The van der Waals surface area contributed by atoms with Crippen LogP contribution in [0.3, 0.4) is 0 Å². The zero-order valence-electron chi connectivity index (χ0n) is 12.2. The zero-order valence-corrected chi connectivity index (χ0v) is 14.7. The van der Waals surface area contributed by atoms with Crippen LogP contribution < -0.4 is 4.72 Å². The fourth-order valence-electron chi connectivity index (χ4n) is 2.17. The van der Waals surface area contributed by atoms with Gasteiger partial charge in [0.15, 0.2) is 0 Å². The molecular weight excluding hydrogens is 356 g/mol. The van der Waals surface area contributed by atoms with E-state index in [9.17, 15) is 13.2 Å². The van der Waals surface area contributed by atoms with Crippen LogP contribution in [-0.4, -0.2) is 45.5 Å². The molecular formula is C14H16N2O4S3. The first-order chi connectivity index (χ1) is 11.1. The van der Waals surface area contributed by atoms with Gasteiger partial charge < -0.3 is 9.64 Å². The Morgan fingerprint density at radius 2 is 2.09 bits per heavy atom. The van der Waals surface area contributed by atoms with E-state index in [4.69, 9.17) is 4.74 Å². The molecule has 1 N–H and O–H groups in total. The molecule has 0 unspecified atom stereocenters. The van der Waals surface area contributed by atoms with Gasteiger partial charge in [0.25, 0.3) is 5.91 Å². The smallest absolute Gasteiger partial charge is 0.254 e. The maximum atomic E-state index is 12.3. The Labute approximate surface area is 142 Å². The number of hydrogen-bond donors (Lipinski definition) is 1. The number of thiophene rings is 2. The van der Waals surface area contributed by atoms with Gasteiger partial charge in [0.1, 0.15) is 4.21 Å². The molecule has 0 radical (unpaired) electrons. The van der Waals surface area contributed by atoms with Crippen molar-refractivity contribution in [3.05, 3.63) is 39.4 Å². The summed E-state index contributed by atoms with van der Waals surface area (Å²) in [5.74, 6) is -0.149. The van der Waals surface area contributed by atoms with E-state index in [0.717, 1.165) is 16.2 Å². The molecule has 6 nitrogen and oxygen atoms in total. The van der Waals surface area contributed by atoms with E-state index in [1.165, 1.54) is 17.4 Å². The molecule has 0 aromatic carbocycles. The van der Waals surface area contributed by atoms with E-state index >= 15 is 0 Å². The highest BCUT2D eigenvalue weighted by molar-refractivity contribution is 7.91. The summed E-state index contributed by atoms with van der Waals surface area (Å²) < 4.78 is 32.5. The molecule has 0 atom stereocenters. The fraction of sp³-hybridized carbons (Fsp3) is 0.357. The zero-order chi connectivity index (χ0) is 16.3. The summed E-state index contributed by atoms with van der Waals surface area (Å²) in [4.78, 5) is 15.0. The molecule has 2 aromatic rings. The highest BCUT2D eigenvalue weighted by Gasteiger charge is 2.23. The third-order valence-corrected chi connectivity index (χ3v) is 7.12. The first kappa shape index (κ1) is 16.6. The lowest BCUT2D eigenvalue weighted by atomic mass is 10.3. The van der Waals surface area contributed by atoms with Crippen molar-refractivity contribution in [3.63, 3.8) is 0 Å². The largest absolute Gasteiger partial charge is 0.378 e. The molecule has 3 rings (SSSR count). The van der Waals surface area contributed by atoms with Crippen molar-refractivity contribution in [2.75, 3.05) is 26.3 Å². The van der Waals surface area contributed by atoms with Gasteiger partial charge in [-0.3, -0.25) is 4.79 Å². The first-order valence-corrected chi connectivity index (χ1v) is 10.3. The number of nitrogens with zero attached hydrogens (tertiary/aromatic N) is 1. The van der Waals surface area contributed by atoms with Crippen LogP contribution in [0.5, 0.6) is 0 Å². The number of sulfonamides is 1. The predicted octanol–water partition coefficient (Wildman–Crippen LogP) is 1.76. The number of amides is 1. The summed E-state index contributed by atoms with van der Waals surface area (Å²) in [5, 5.41) is 3.49. The Morgan fingerprint density at radius 1 is 1.30 bits per heavy atom. The van der Waals surface area contributed by atoms with Crippen molar-refractivity contribution in [3.8, 4) is 0 Å². The summed E-state index contributed by atoms with van der Waals surface area (Å²) >= 11 is 2.55. The minimum absolute atomic E-state index is 0.149. The van der Waals surface area contributed by atoms with Gasteiger partial charge in [-0.15, -0.1) is 22.7 Å². The molecule has 2 aromatic heterocycles. The summed E-state index contributed by atoms with van der Waals surface area (Å²) in [6.45, 7) is 2.36. The maximum Gasteiger partial charge on any atom is 0.254 e. The van der Waals surface area contributed by atoms with Crippen LogP contribution >= 0.6 is 22.7 Å². The van der Waals surface area contributed by atoms with Gasteiger partial charge >= 0.3 is 0 Å². The van der Waals surface area contributed by atoms with Crippen molar-refractivity contribution in [1.82, 2.24) is 9.62 Å². The molecule has 1 fully saturated rings. The molecule has 0 bridgehead atoms. The lowest BCUT2D eigenvalue weighted by Gasteiger charge is -2.26. The van der Waals surface area contributed by atoms with E-state index < -0.39 is 10.0 Å². The Hall–Kier alpha value is -1.26. The Bertz CT molecular complexity index is 762. The average molecular weight is 372 g/mol. The number of hydrogen-bond acceptors (Lipinski definition) is 6. The van der Waals surface area contributed by atoms with Crippen LogP contribution in [0.25, 0.3) is 0 Å². The number of nitrogens with one attached hydrogen (secondary N) is 1. The second kappa shape index (κ2) is 7.10. The molecule has 1 amide bonds. The molecule has 3 heterocycles. The van der Waals surface area contributed by atoms with Crippen molar-refractivity contribution >= 4 is 38.6 Å². The van der Waals surface area contributed by atoms with Gasteiger partial charge in [-0.2, -0.15) is 0 Å². The van der Waals surface area contributed by atoms with Crippen LogP contribution in [0.1, 0.15) is 15.2 Å². The van der Waals surface area contributed by atoms with Gasteiger partial charge in [0.05, 0.1) is 18.8 Å². The highest BCUT2D eigenvalue weighted by Crippen LogP contribution is 2.22. The van der Waals surface area contributed by atoms with Crippen molar-refractivity contribution in [2.24, 2.45) is 0 Å². The molecule has 0 saturated carbocycles. The maximum absolute atomic E-state index is 12.3. The quantitative estimate of drug-likeness (QED) is 0.868. The van der Waals surface area contributed by atoms with Gasteiger partial charge in [-0.25, -0.2) is 13.1 Å². The van der Waals surface area contributed by atoms with Gasteiger partial charge in [0.2, 0.25) is 10.0 Å². The fourth-order valence-corrected chi connectivity index (χ4v) is 5.11. The minimum atomic E-state index is -3.60. The van der Waals surface area contributed by atoms with Crippen molar-refractivity contribution in [1.29, 1.82) is 0 Å². The monoisotopic (exact) mass is 372 g/mol. The first-order valence-electron chi connectivity index (χ1n) is 7.04. The second-order valence-corrected chi connectivity index (χ2v) is 8.90. The molecule has 124 valence electrons. The molecule has 0 spiro atoms. The Kier molecular flexibility index (Phi) is 5.12.